The van der Waals surface area contributed by atoms with Crippen LogP contribution in [0.3, 0.4) is 0 Å². The van der Waals surface area contributed by atoms with Gasteiger partial charge in [0, 0.05) is 35.1 Å². The van der Waals surface area contributed by atoms with Crippen molar-refractivity contribution in [1.82, 2.24) is 10.3 Å². The molecule has 1 aromatic carbocycles. The first kappa shape index (κ1) is 22.0. The van der Waals surface area contributed by atoms with Crippen LogP contribution in [0.1, 0.15) is 42.2 Å². The largest absolute Gasteiger partial charge is 0.497 e. The average molecular weight is 450 g/mol. The number of thiophene rings is 1. The van der Waals surface area contributed by atoms with Gasteiger partial charge < -0.3 is 10.1 Å². The molecule has 1 atom stereocenters. The number of pyridine rings is 1. The zero-order valence-electron chi connectivity index (χ0n) is 18.1. The van der Waals surface area contributed by atoms with E-state index in [0.29, 0.717) is 11.4 Å². The van der Waals surface area contributed by atoms with Crippen LogP contribution in [0.15, 0.2) is 66.3 Å². The van der Waals surface area contributed by atoms with Gasteiger partial charge in [0.25, 0.3) is 0 Å². The first-order valence-electron chi connectivity index (χ1n) is 10.8. The zero-order chi connectivity index (χ0) is 22.3. The Balaban J connectivity index is 1.75. The molecule has 2 heterocycles. The molecule has 0 radical (unpaired) electrons. The molecule has 1 aliphatic carbocycles. The summed E-state index contributed by atoms with van der Waals surface area (Å²) in [5.41, 5.74) is 1.34. The molecule has 1 aliphatic rings. The molecule has 2 aromatic heterocycles. The van der Waals surface area contributed by atoms with Gasteiger partial charge in [0.15, 0.2) is 0 Å². The maximum absolute atomic E-state index is 13.7. The molecule has 6 nitrogen and oxygen atoms in total. The molecule has 166 valence electrons. The molecule has 32 heavy (non-hydrogen) atoms. The standard InChI is InChI=1S/C25H27N3O3S/c1-31-21-9-4-8-20(16-21)28(23(29)17-22-10-5-15-32-22)24(18-11-13-26-14-12-18)25(30)27-19-6-2-3-7-19/h4-5,8-16,19,24H,2-3,6-7,17H2,1H3,(H,27,30)/t24-/m0/s1. The second kappa shape index (κ2) is 10.4. The predicted octanol–water partition coefficient (Wildman–Crippen LogP) is 4.53. The van der Waals surface area contributed by atoms with Crippen LogP contribution in [-0.2, 0) is 16.0 Å². The van der Waals surface area contributed by atoms with Crippen LogP contribution >= 0.6 is 11.3 Å². The molecule has 0 saturated heterocycles. The van der Waals surface area contributed by atoms with Crippen molar-refractivity contribution in [3.05, 3.63) is 76.7 Å². The Kier molecular flexibility index (Phi) is 7.17. The number of nitrogens with one attached hydrogen (secondary N) is 1. The van der Waals surface area contributed by atoms with Crippen LogP contribution in [0.4, 0.5) is 5.69 Å². The van der Waals surface area contributed by atoms with E-state index in [1.165, 1.54) is 11.3 Å². The number of amides is 2. The lowest BCUT2D eigenvalue weighted by Gasteiger charge is -2.32. The third kappa shape index (κ3) is 5.16. The SMILES string of the molecule is COc1cccc(N(C(=O)Cc2cccs2)[C@H](C(=O)NC2CCCC2)c2ccncc2)c1. The van der Waals surface area contributed by atoms with Crippen LogP contribution in [0, 0.1) is 0 Å². The molecule has 1 N–H and O–H groups in total. The Morgan fingerprint density at radius 3 is 2.62 bits per heavy atom. The first-order chi connectivity index (χ1) is 15.7. The lowest BCUT2D eigenvalue weighted by molar-refractivity contribution is -0.127. The number of hydrogen-bond donors (Lipinski definition) is 1. The molecule has 4 rings (SSSR count). The van der Waals surface area contributed by atoms with Gasteiger partial charge in [-0.3, -0.25) is 19.5 Å². The van der Waals surface area contributed by atoms with Crippen LogP contribution in [0.2, 0.25) is 0 Å². The molecule has 0 spiro atoms. The maximum atomic E-state index is 13.7. The highest BCUT2D eigenvalue weighted by molar-refractivity contribution is 7.10. The second-order valence-corrected chi connectivity index (χ2v) is 8.93. The molecular formula is C25H27N3O3S. The predicted molar refractivity (Wildman–Crippen MR) is 126 cm³/mol. The number of methoxy groups -OCH3 is 1. The number of carbonyl (C=O) groups is 2. The zero-order valence-corrected chi connectivity index (χ0v) is 18.9. The Hall–Kier alpha value is -3.19. The maximum Gasteiger partial charge on any atom is 0.248 e. The van der Waals surface area contributed by atoms with Gasteiger partial charge in [-0.05, 0) is 54.1 Å². The van der Waals surface area contributed by atoms with Gasteiger partial charge in [-0.1, -0.05) is 25.0 Å². The first-order valence-corrected chi connectivity index (χ1v) is 11.7. The Labute approximate surface area is 192 Å². The normalized spacial score (nSPS) is 14.7. The summed E-state index contributed by atoms with van der Waals surface area (Å²) in [7, 11) is 1.59. The van der Waals surface area contributed by atoms with Gasteiger partial charge in [0.05, 0.1) is 13.5 Å². The van der Waals surface area contributed by atoms with Crippen molar-refractivity contribution in [2.75, 3.05) is 12.0 Å². The van der Waals surface area contributed by atoms with Crippen LogP contribution < -0.4 is 15.0 Å². The van der Waals surface area contributed by atoms with E-state index >= 15 is 0 Å². The van der Waals surface area contributed by atoms with E-state index in [0.717, 1.165) is 36.1 Å². The molecule has 0 aliphatic heterocycles. The highest BCUT2D eigenvalue weighted by Crippen LogP contribution is 2.32. The van der Waals surface area contributed by atoms with Crippen molar-refractivity contribution >= 4 is 28.8 Å². The van der Waals surface area contributed by atoms with E-state index in [1.54, 1.807) is 42.6 Å². The van der Waals surface area contributed by atoms with Crippen LogP contribution in [0.25, 0.3) is 0 Å². The highest BCUT2D eigenvalue weighted by atomic mass is 32.1. The van der Waals surface area contributed by atoms with E-state index in [4.69, 9.17) is 4.74 Å². The fourth-order valence-electron chi connectivity index (χ4n) is 4.16. The van der Waals surface area contributed by atoms with E-state index in [1.807, 2.05) is 35.7 Å². The number of aromatic nitrogens is 1. The van der Waals surface area contributed by atoms with E-state index < -0.39 is 6.04 Å². The van der Waals surface area contributed by atoms with Crippen molar-refractivity contribution < 1.29 is 14.3 Å². The van der Waals surface area contributed by atoms with E-state index in [-0.39, 0.29) is 24.3 Å². The molecule has 1 saturated carbocycles. The molecule has 3 aromatic rings. The summed E-state index contributed by atoms with van der Waals surface area (Å²) in [4.78, 5) is 33.9. The third-order valence-corrected chi connectivity index (χ3v) is 6.61. The molecular weight excluding hydrogens is 422 g/mol. The Bertz CT molecular complexity index is 1030. The summed E-state index contributed by atoms with van der Waals surface area (Å²) in [5.74, 6) is 0.302. The van der Waals surface area contributed by atoms with Gasteiger partial charge in [-0.15, -0.1) is 11.3 Å². The van der Waals surface area contributed by atoms with E-state index in [9.17, 15) is 9.59 Å². The minimum Gasteiger partial charge on any atom is -0.497 e. The Morgan fingerprint density at radius 1 is 1.16 bits per heavy atom. The summed E-state index contributed by atoms with van der Waals surface area (Å²) in [6.45, 7) is 0. The Morgan fingerprint density at radius 2 is 1.94 bits per heavy atom. The van der Waals surface area contributed by atoms with Gasteiger partial charge in [-0.2, -0.15) is 0 Å². The number of carbonyl (C=O) groups excluding carboxylic acids is 2. The number of nitrogens with zero attached hydrogens (tertiary/aromatic N) is 2. The van der Waals surface area contributed by atoms with Crippen LogP contribution in [-0.4, -0.2) is 29.9 Å². The average Bonchev–Trinajstić information content (AvgIpc) is 3.52. The third-order valence-electron chi connectivity index (χ3n) is 5.74. The second-order valence-electron chi connectivity index (χ2n) is 7.89. The molecule has 0 bridgehead atoms. The summed E-state index contributed by atoms with van der Waals surface area (Å²) in [5, 5.41) is 5.14. The van der Waals surface area contributed by atoms with Crippen molar-refractivity contribution in [3.63, 3.8) is 0 Å². The van der Waals surface area contributed by atoms with Gasteiger partial charge in [-0.25, -0.2) is 0 Å². The van der Waals surface area contributed by atoms with Gasteiger partial charge in [0.1, 0.15) is 11.8 Å². The minimum absolute atomic E-state index is 0.145. The lowest BCUT2D eigenvalue weighted by atomic mass is 10.0. The number of ether oxygens (including phenoxy) is 1. The van der Waals surface area contributed by atoms with Gasteiger partial charge in [0.2, 0.25) is 11.8 Å². The summed E-state index contributed by atoms with van der Waals surface area (Å²) < 4.78 is 5.40. The molecule has 0 unspecified atom stereocenters. The smallest absolute Gasteiger partial charge is 0.248 e. The van der Waals surface area contributed by atoms with Crippen molar-refractivity contribution in [2.45, 2.75) is 44.2 Å². The number of rotatable bonds is 8. The van der Waals surface area contributed by atoms with E-state index in [2.05, 4.69) is 10.3 Å². The molecule has 2 amide bonds. The highest BCUT2D eigenvalue weighted by Gasteiger charge is 2.34. The number of benzene rings is 1. The summed E-state index contributed by atoms with van der Waals surface area (Å²) in [6, 6.07) is 14.1. The summed E-state index contributed by atoms with van der Waals surface area (Å²) >= 11 is 1.53. The molecule has 1 fully saturated rings. The van der Waals surface area contributed by atoms with Crippen molar-refractivity contribution in [3.8, 4) is 5.75 Å². The van der Waals surface area contributed by atoms with Crippen molar-refractivity contribution in [2.24, 2.45) is 0 Å². The number of anilines is 1. The van der Waals surface area contributed by atoms with Crippen LogP contribution in [0.5, 0.6) is 5.75 Å². The topological polar surface area (TPSA) is 71.5 Å². The fraction of sp³-hybridized carbons (Fsp3) is 0.320. The van der Waals surface area contributed by atoms with Crippen molar-refractivity contribution in [1.29, 1.82) is 0 Å². The molecule has 7 heteroatoms. The lowest BCUT2D eigenvalue weighted by Crippen LogP contribution is -2.46. The summed E-state index contributed by atoms with van der Waals surface area (Å²) in [6.07, 6.45) is 7.68. The number of hydrogen-bond acceptors (Lipinski definition) is 5. The minimum atomic E-state index is -0.807. The monoisotopic (exact) mass is 449 g/mol. The van der Waals surface area contributed by atoms with Gasteiger partial charge >= 0.3 is 0 Å². The quantitative estimate of drug-likeness (QED) is 0.549. The fourth-order valence-corrected chi connectivity index (χ4v) is 4.85.